The molecule has 1 aromatic rings. The van der Waals surface area contributed by atoms with Crippen molar-refractivity contribution in [3.05, 3.63) is 34.6 Å². The molecule has 0 aliphatic heterocycles. The van der Waals surface area contributed by atoms with E-state index in [4.69, 9.17) is 0 Å². The third-order valence-electron chi connectivity index (χ3n) is 2.04. The minimum Gasteiger partial charge on any atom is -0.316 e. The lowest BCUT2D eigenvalue weighted by Gasteiger charge is -2.18. The molecule has 0 heterocycles. The molecule has 0 aliphatic carbocycles. The Balaban J connectivity index is 3.40. The number of hydrogen-bond donors (Lipinski definition) is 1. The molecule has 0 amide bonds. The molecule has 0 bridgehead atoms. The van der Waals surface area contributed by atoms with E-state index >= 15 is 0 Å². The van der Waals surface area contributed by atoms with Gasteiger partial charge in [0.25, 0.3) is 0 Å². The first-order chi connectivity index (χ1) is 7.16. The molecule has 1 aromatic carbocycles. The largest absolute Gasteiger partial charge is 0.407 e. The second kappa shape index (κ2) is 3.97. The van der Waals surface area contributed by atoms with Gasteiger partial charge in [0, 0.05) is 0 Å². The molecule has 0 aliphatic rings. The third kappa shape index (κ3) is 2.13. The normalized spacial score (nSPS) is 14.0. The molecule has 0 saturated heterocycles. The highest BCUT2D eigenvalue weighted by Crippen LogP contribution is 2.34. The Morgan fingerprint density at radius 2 is 1.62 bits per heavy atom. The summed E-state index contributed by atoms with van der Waals surface area (Å²) in [6.45, 7) is 1.03. The maximum absolute atomic E-state index is 13.1. The van der Waals surface area contributed by atoms with E-state index in [2.05, 4.69) is 5.73 Å². The topological polar surface area (TPSA) is 26.0 Å². The van der Waals surface area contributed by atoms with Gasteiger partial charge in [-0.1, -0.05) is 0 Å². The average molecular weight is 243 g/mol. The zero-order valence-electron chi connectivity index (χ0n) is 8.00. The van der Waals surface area contributed by atoms with Gasteiger partial charge in [-0.05, 0) is 18.6 Å². The quantitative estimate of drug-likeness (QED) is 0.595. The molecule has 2 N–H and O–H groups in total. The smallest absolute Gasteiger partial charge is 0.316 e. The SMILES string of the molecule is Cc1cc(F)c([C@H](N)C(F)(F)F)c(F)c1F. The lowest BCUT2D eigenvalue weighted by atomic mass is 10.0. The van der Waals surface area contributed by atoms with Crippen molar-refractivity contribution in [1.29, 1.82) is 0 Å². The summed E-state index contributed by atoms with van der Waals surface area (Å²) in [5.74, 6) is -4.94. The van der Waals surface area contributed by atoms with Gasteiger partial charge in [-0.15, -0.1) is 0 Å². The van der Waals surface area contributed by atoms with Gasteiger partial charge in [-0.3, -0.25) is 0 Å². The number of nitrogens with two attached hydrogens (primary N) is 1. The Morgan fingerprint density at radius 1 is 1.12 bits per heavy atom. The van der Waals surface area contributed by atoms with Crippen molar-refractivity contribution in [1.82, 2.24) is 0 Å². The van der Waals surface area contributed by atoms with Gasteiger partial charge in [-0.2, -0.15) is 13.2 Å². The Morgan fingerprint density at radius 3 is 2.06 bits per heavy atom. The summed E-state index contributed by atoms with van der Waals surface area (Å²) < 4.78 is 75.6. The summed E-state index contributed by atoms with van der Waals surface area (Å²) in [7, 11) is 0. The van der Waals surface area contributed by atoms with Crippen LogP contribution in [-0.4, -0.2) is 6.18 Å². The van der Waals surface area contributed by atoms with Crippen molar-refractivity contribution in [2.24, 2.45) is 5.73 Å². The second-order valence-electron chi connectivity index (χ2n) is 3.24. The molecule has 16 heavy (non-hydrogen) atoms. The summed E-state index contributed by atoms with van der Waals surface area (Å²) in [4.78, 5) is 0. The fourth-order valence-corrected chi connectivity index (χ4v) is 1.18. The highest BCUT2D eigenvalue weighted by Gasteiger charge is 2.41. The zero-order valence-corrected chi connectivity index (χ0v) is 8.00. The van der Waals surface area contributed by atoms with E-state index in [-0.39, 0.29) is 0 Å². The van der Waals surface area contributed by atoms with Crippen LogP contribution in [0, 0.1) is 24.4 Å². The molecule has 7 heteroatoms. The van der Waals surface area contributed by atoms with Crippen LogP contribution in [0.5, 0.6) is 0 Å². The molecule has 1 atom stereocenters. The molecular weight excluding hydrogens is 236 g/mol. The fourth-order valence-electron chi connectivity index (χ4n) is 1.18. The molecule has 0 spiro atoms. The van der Waals surface area contributed by atoms with Crippen LogP contribution in [0.3, 0.4) is 0 Å². The van der Waals surface area contributed by atoms with E-state index in [0.717, 1.165) is 6.92 Å². The van der Waals surface area contributed by atoms with Crippen molar-refractivity contribution in [3.63, 3.8) is 0 Å². The van der Waals surface area contributed by atoms with Gasteiger partial charge in [-0.25, -0.2) is 13.2 Å². The van der Waals surface area contributed by atoms with Crippen molar-refractivity contribution < 1.29 is 26.3 Å². The van der Waals surface area contributed by atoms with E-state index in [9.17, 15) is 26.3 Å². The molecule has 0 aromatic heterocycles. The first kappa shape index (κ1) is 12.8. The van der Waals surface area contributed by atoms with Crippen LogP contribution in [-0.2, 0) is 0 Å². The standard InChI is InChI=1S/C9H7F6N/c1-3-2-4(10)5(7(12)6(3)11)8(16)9(13,14)15/h2,8H,16H2,1H3/t8-/m0/s1. The molecule has 1 nitrogen and oxygen atoms in total. The number of rotatable bonds is 1. The molecule has 0 unspecified atom stereocenters. The first-order valence-corrected chi connectivity index (χ1v) is 4.12. The van der Waals surface area contributed by atoms with Crippen LogP contribution < -0.4 is 5.73 Å². The van der Waals surface area contributed by atoms with E-state index in [0.29, 0.717) is 6.07 Å². The summed E-state index contributed by atoms with van der Waals surface area (Å²) in [5, 5.41) is 0. The van der Waals surface area contributed by atoms with Crippen LogP contribution in [0.15, 0.2) is 6.07 Å². The maximum Gasteiger partial charge on any atom is 0.407 e. The summed E-state index contributed by atoms with van der Waals surface area (Å²) in [5.41, 5.74) is 2.69. The Hall–Kier alpha value is -1.24. The average Bonchev–Trinajstić information content (AvgIpc) is 2.13. The lowest BCUT2D eigenvalue weighted by Crippen LogP contribution is -2.30. The van der Waals surface area contributed by atoms with E-state index in [1.165, 1.54) is 0 Å². The highest BCUT2D eigenvalue weighted by molar-refractivity contribution is 5.30. The molecular formula is C9H7F6N. The number of aryl methyl sites for hydroxylation is 1. The van der Waals surface area contributed by atoms with Gasteiger partial charge in [0.15, 0.2) is 11.6 Å². The number of alkyl halides is 3. The number of hydrogen-bond acceptors (Lipinski definition) is 1. The second-order valence-corrected chi connectivity index (χ2v) is 3.24. The van der Waals surface area contributed by atoms with E-state index in [1.54, 1.807) is 0 Å². The summed E-state index contributed by atoms with van der Waals surface area (Å²) in [6.07, 6.45) is -5.04. The predicted octanol–water partition coefficient (Wildman–Crippen LogP) is 2.97. The Labute approximate surface area is 86.9 Å². The molecule has 0 radical (unpaired) electrons. The molecule has 1 rings (SSSR count). The summed E-state index contributed by atoms with van der Waals surface area (Å²) in [6, 6.07) is -2.41. The maximum atomic E-state index is 13.1. The van der Waals surface area contributed by atoms with Crippen molar-refractivity contribution in [3.8, 4) is 0 Å². The van der Waals surface area contributed by atoms with Crippen molar-refractivity contribution in [2.45, 2.75) is 19.1 Å². The predicted molar refractivity (Wildman–Crippen MR) is 44.0 cm³/mol. The monoisotopic (exact) mass is 243 g/mol. The summed E-state index contributed by atoms with van der Waals surface area (Å²) >= 11 is 0. The Kier molecular flexibility index (Phi) is 3.18. The van der Waals surface area contributed by atoms with Gasteiger partial charge in [0.05, 0.1) is 5.56 Å². The molecule has 0 fully saturated rings. The van der Waals surface area contributed by atoms with Crippen LogP contribution >= 0.6 is 0 Å². The van der Waals surface area contributed by atoms with Gasteiger partial charge >= 0.3 is 6.18 Å². The minimum absolute atomic E-state index is 0.423. The zero-order chi connectivity index (χ0) is 12.7. The first-order valence-electron chi connectivity index (χ1n) is 4.12. The fraction of sp³-hybridized carbons (Fsp3) is 0.333. The van der Waals surface area contributed by atoms with Crippen LogP contribution in [0.4, 0.5) is 26.3 Å². The highest BCUT2D eigenvalue weighted by atomic mass is 19.4. The molecule has 90 valence electrons. The van der Waals surface area contributed by atoms with E-state index < -0.39 is 40.8 Å². The molecule has 0 saturated carbocycles. The van der Waals surface area contributed by atoms with Crippen LogP contribution in [0.1, 0.15) is 17.2 Å². The minimum atomic E-state index is -5.04. The number of benzene rings is 1. The van der Waals surface area contributed by atoms with Crippen LogP contribution in [0.25, 0.3) is 0 Å². The third-order valence-corrected chi connectivity index (χ3v) is 2.04. The van der Waals surface area contributed by atoms with Gasteiger partial charge in [0.2, 0.25) is 0 Å². The van der Waals surface area contributed by atoms with Gasteiger partial charge in [0.1, 0.15) is 11.9 Å². The van der Waals surface area contributed by atoms with Crippen LogP contribution in [0.2, 0.25) is 0 Å². The van der Waals surface area contributed by atoms with E-state index in [1.807, 2.05) is 0 Å². The number of halogens is 6. The lowest BCUT2D eigenvalue weighted by molar-refractivity contribution is -0.150. The van der Waals surface area contributed by atoms with Crippen molar-refractivity contribution in [2.75, 3.05) is 0 Å². The van der Waals surface area contributed by atoms with Crippen molar-refractivity contribution >= 4 is 0 Å². The van der Waals surface area contributed by atoms with Gasteiger partial charge < -0.3 is 5.73 Å². The Bertz CT molecular complexity index is 411.